The lowest BCUT2D eigenvalue weighted by Crippen LogP contribution is -2.71. The smallest absolute Gasteiger partial charge is 0.406 e. The van der Waals surface area contributed by atoms with E-state index in [9.17, 15) is 4.79 Å². The number of nitrogens with zero attached hydrogens (tertiary/aromatic N) is 5. The maximum Gasteiger partial charge on any atom is 0.406 e. The molecule has 2 aromatic heterocycles. The van der Waals surface area contributed by atoms with E-state index in [0.717, 1.165) is 11.3 Å². The van der Waals surface area contributed by atoms with Crippen molar-refractivity contribution in [3.8, 4) is 17.1 Å². The van der Waals surface area contributed by atoms with Gasteiger partial charge in [-0.3, -0.25) is 9.88 Å². The van der Waals surface area contributed by atoms with E-state index in [1.165, 1.54) is 6.33 Å². The lowest BCUT2D eigenvalue weighted by Gasteiger charge is -2.49. The summed E-state index contributed by atoms with van der Waals surface area (Å²) in [7, 11) is 0. The Hall–Kier alpha value is -3.40. The van der Waals surface area contributed by atoms with Crippen molar-refractivity contribution in [2.45, 2.75) is 12.6 Å². The lowest BCUT2D eigenvalue weighted by atomic mass is 10.0. The highest BCUT2D eigenvalue weighted by Gasteiger charge is 2.47. The van der Waals surface area contributed by atoms with Gasteiger partial charge >= 0.3 is 6.09 Å². The predicted molar refractivity (Wildman–Crippen MR) is 131 cm³/mol. The van der Waals surface area contributed by atoms with E-state index in [2.05, 4.69) is 15.3 Å². The number of imidazole rings is 1. The first kappa shape index (κ1) is 22.4. The summed E-state index contributed by atoms with van der Waals surface area (Å²) in [6.07, 6.45) is 0.658. The molecule has 11 heteroatoms. The Morgan fingerprint density at radius 2 is 1.88 bits per heavy atom. The Labute approximate surface area is 205 Å². The van der Waals surface area contributed by atoms with Crippen LogP contribution >= 0.6 is 23.2 Å². The molecule has 5 rings (SSSR count). The van der Waals surface area contributed by atoms with Gasteiger partial charge in [0.1, 0.15) is 12.2 Å². The largest absolute Gasteiger partial charge is 0.424 e. The quantitative estimate of drug-likeness (QED) is 0.387. The highest BCUT2D eigenvalue weighted by atomic mass is 35.5. The number of likely N-dealkylation sites (N-methyl/N-ethyl adjacent to an activating group) is 1. The molecular weight excluding hydrogens is 477 g/mol. The molecule has 9 nitrogen and oxygen atoms in total. The van der Waals surface area contributed by atoms with Crippen molar-refractivity contribution in [3.05, 3.63) is 64.9 Å². The number of carbonyl (C=O) groups is 1. The summed E-state index contributed by atoms with van der Waals surface area (Å²) in [6.45, 7) is 3.28. The number of primary amides is 1. The number of hydrogen-bond acceptors (Lipinski definition) is 7. The summed E-state index contributed by atoms with van der Waals surface area (Å²) in [4.78, 5) is 27.4. The number of halogens is 2. The molecule has 1 saturated heterocycles. The van der Waals surface area contributed by atoms with Crippen molar-refractivity contribution in [1.82, 2.24) is 24.8 Å². The molecule has 174 valence electrons. The van der Waals surface area contributed by atoms with Gasteiger partial charge < -0.3 is 15.4 Å². The van der Waals surface area contributed by atoms with Crippen LogP contribution in [0, 0.1) is 0 Å². The topological polar surface area (TPSA) is 111 Å². The summed E-state index contributed by atoms with van der Waals surface area (Å²) >= 11 is 12.7. The van der Waals surface area contributed by atoms with Crippen LogP contribution < -0.4 is 16.0 Å². The standard InChI is InChI=1S/C23H21Cl2N7O2/c1-2-29-23(34-22(26)33)11-31(12-23)20-18-21(28-13-27-20)32(15-9-7-14(24)8-10-15)19(30-18)16-5-3-4-6-17(16)25/h3-10,13,29H,2,11-12H2,1H3,(H2,26,33). The average molecular weight is 498 g/mol. The molecule has 1 aliphatic rings. The number of nitrogens with one attached hydrogen (secondary N) is 1. The van der Waals surface area contributed by atoms with Crippen LogP contribution in [0.3, 0.4) is 0 Å². The molecule has 2 aromatic carbocycles. The maximum absolute atomic E-state index is 11.4. The molecule has 34 heavy (non-hydrogen) atoms. The molecule has 0 radical (unpaired) electrons. The second kappa shape index (κ2) is 8.75. The number of rotatable bonds is 6. The molecule has 1 aliphatic heterocycles. The summed E-state index contributed by atoms with van der Waals surface area (Å²) in [5.41, 5.74) is 7.20. The van der Waals surface area contributed by atoms with Crippen LogP contribution in [0.25, 0.3) is 28.2 Å². The maximum atomic E-state index is 11.4. The molecule has 0 aliphatic carbocycles. The summed E-state index contributed by atoms with van der Waals surface area (Å²) in [6, 6.07) is 14.9. The first-order valence-electron chi connectivity index (χ1n) is 10.6. The fourth-order valence-corrected chi connectivity index (χ4v) is 4.56. The van der Waals surface area contributed by atoms with Crippen molar-refractivity contribution in [2.75, 3.05) is 24.5 Å². The zero-order valence-corrected chi connectivity index (χ0v) is 19.7. The number of anilines is 1. The third kappa shape index (κ3) is 3.91. The van der Waals surface area contributed by atoms with Gasteiger partial charge in [-0.25, -0.2) is 19.7 Å². The Morgan fingerprint density at radius 3 is 2.56 bits per heavy atom. The van der Waals surface area contributed by atoms with E-state index in [-0.39, 0.29) is 0 Å². The first-order valence-corrected chi connectivity index (χ1v) is 11.4. The van der Waals surface area contributed by atoms with E-state index in [1.54, 1.807) is 0 Å². The molecule has 0 spiro atoms. The van der Waals surface area contributed by atoms with Gasteiger partial charge in [0.25, 0.3) is 0 Å². The van der Waals surface area contributed by atoms with Crippen LogP contribution in [0.5, 0.6) is 0 Å². The minimum Gasteiger partial charge on any atom is -0.424 e. The third-order valence-electron chi connectivity index (χ3n) is 5.61. The molecule has 3 heterocycles. The minimum absolute atomic E-state index is 0.366. The van der Waals surface area contributed by atoms with Crippen LogP contribution in [0.1, 0.15) is 6.92 Å². The molecule has 0 atom stereocenters. The third-order valence-corrected chi connectivity index (χ3v) is 6.19. The van der Waals surface area contributed by atoms with Crippen LogP contribution in [0.4, 0.5) is 10.6 Å². The van der Waals surface area contributed by atoms with Crippen LogP contribution in [-0.2, 0) is 4.74 Å². The molecule has 0 bridgehead atoms. The first-order chi connectivity index (χ1) is 16.4. The number of hydrogen-bond donors (Lipinski definition) is 2. The highest BCUT2D eigenvalue weighted by Crippen LogP contribution is 2.37. The van der Waals surface area contributed by atoms with E-state index in [4.69, 9.17) is 38.7 Å². The molecular formula is C23H21Cl2N7O2. The Morgan fingerprint density at radius 1 is 1.15 bits per heavy atom. The van der Waals surface area contributed by atoms with Gasteiger partial charge in [-0.15, -0.1) is 0 Å². The summed E-state index contributed by atoms with van der Waals surface area (Å²) < 4.78 is 7.29. The minimum atomic E-state index is -0.873. The molecule has 1 amide bonds. The fraction of sp³-hybridized carbons (Fsp3) is 0.217. The summed E-state index contributed by atoms with van der Waals surface area (Å²) in [5, 5.41) is 4.38. The molecule has 4 aromatic rings. The highest BCUT2D eigenvalue weighted by molar-refractivity contribution is 6.33. The number of benzene rings is 2. The summed E-state index contributed by atoms with van der Waals surface area (Å²) in [5.74, 6) is 1.24. The van der Waals surface area contributed by atoms with Gasteiger partial charge in [-0.05, 0) is 42.9 Å². The van der Waals surface area contributed by atoms with Gasteiger partial charge in [-0.1, -0.05) is 42.3 Å². The number of amides is 1. The molecule has 1 fully saturated rings. The number of carbonyl (C=O) groups excluding carboxylic acids is 1. The monoisotopic (exact) mass is 497 g/mol. The van der Waals surface area contributed by atoms with E-state index < -0.39 is 11.8 Å². The van der Waals surface area contributed by atoms with Crippen molar-refractivity contribution in [1.29, 1.82) is 0 Å². The second-order valence-electron chi connectivity index (χ2n) is 7.90. The fourth-order valence-electron chi connectivity index (χ4n) is 4.22. The van der Waals surface area contributed by atoms with Gasteiger partial charge in [0.05, 0.1) is 18.1 Å². The van der Waals surface area contributed by atoms with Crippen molar-refractivity contribution >= 4 is 46.3 Å². The molecule has 0 unspecified atom stereocenters. The Balaban J connectivity index is 1.64. The second-order valence-corrected chi connectivity index (χ2v) is 8.74. The normalized spacial score (nSPS) is 14.7. The van der Waals surface area contributed by atoms with Crippen LogP contribution in [-0.4, -0.2) is 51.0 Å². The zero-order valence-electron chi connectivity index (χ0n) is 18.2. The van der Waals surface area contributed by atoms with Crippen molar-refractivity contribution < 1.29 is 9.53 Å². The van der Waals surface area contributed by atoms with Gasteiger partial charge in [0, 0.05) is 16.3 Å². The van der Waals surface area contributed by atoms with E-state index >= 15 is 0 Å². The van der Waals surface area contributed by atoms with Gasteiger partial charge in [-0.2, -0.15) is 0 Å². The van der Waals surface area contributed by atoms with Gasteiger partial charge in [0.2, 0.25) is 5.72 Å². The van der Waals surface area contributed by atoms with Crippen molar-refractivity contribution in [3.63, 3.8) is 0 Å². The SMILES string of the molecule is CCNC1(OC(N)=O)CN(c2ncnc3c2nc(-c2ccccc2Cl)n3-c2ccc(Cl)cc2)C1. The van der Waals surface area contributed by atoms with Crippen LogP contribution in [0.2, 0.25) is 10.0 Å². The molecule has 0 saturated carbocycles. The number of nitrogens with two attached hydrogens (primary N) is 1. The number of ether oxygens (including phenoxy) is 1. The Bertz CT molecular complexity index is 1370. The Kier molecular flexibility index (Phi) is 5.76. The lowest BCUT2D eigenvalue weighted by molar-refractivity contribution is -0.0318. The average Bonchev–Trinajstić information content (AvgIpc) is 3.17. The van der Waals surface area contributed by atoms with Crippen LogP contribution in [0.15, 0.2) is 54.9 Å². The van der Waals surface area contributed by atoms with E-state index in [0.29, 0.717) is 52.5 Å². The van der Waals surface area contributed by atoms with Gasteiger partial charge in [0.15, 0.2) is 17.0 Å². The zero-order chi connectivity index (χ0) is 23.9. The predicted octanol–water partition coefficient (Wildman–Crippen LogP) is 4.01. The van der Waals surface area contributed by atoms with E-state index in [1.807, 2.05) is 64.9 Å². The van der Waals surface area contributed by atoms with Crippen molar-refractivity contribution in [2.24, 2.45) is 5.73 Å². The number of fused-ring (bicyclic) bond motifs is 1. The number of aromatic nitrogens is 4. The molecule has 3 N–H and O–H groups in total.